The zero-order chi connectivity index (χ0) is 21.9. The molecule has 5 heteroatoms. The first kappa shape index (κ1) is 24.6. The largest absolute Gasteiger partial charge is 0.381 e. The third-order valence-electron chi connectivity index (χ3n) is 6.65. The Balaban J connectivity index is 1.78. The zero-order valence-corrected chi connectivity index (χ0v) is 19.5. The average molecular weight is 419 g/mol. The van der Waals surface area contributed by atoms with Gasteiger partial charge in [-0.25, -0.2) is 0 Å². The van der Waals surface area contributed by atoms with Crippen LogP contribution in [0.15, 0.2) is 23.8 Å². The molecule has 0 saturated carbocycles. The second kappa shape index (κ2) is 12.9. The number of carbonyl (C=O) groups is 2. The van der Waals surface area contributed by atoms with Gasteiger partial charge < -0.3 is 15.0 Å². The molecule has 1 aliphatic carbocycles. The summed E-state index contributed by atoms with van der Waals surface area (Å²) in [5.74, 6) is 0.746. The second-order valence-corrected chi connectivity index (χ2v) is 9.13. The maximum atomic E-state index is 12.9. The normalized spacial score (nSPS) is 21.8. The molecule has 4 atom stereocenters. The van der Waals surface area contributed by atoms with Crippen molar-refractivity contribution >= 4 is 11.8 Å². The summed E-state index contributed by atoms with van der Waals surface area (Å²) < 4.78 is 5.58. The Bertz CT molecular complexity index is 614. The fourth-order valence-electron chi connectivity index (χ4n) is 4.47. The van der Waals surface area contributed by atoms with Crippen LogP contribution in [0.2, 0.25) is 0 Å². The lowest BCUT2D eigenvalue weighted by Gasteiger charge is -2.28. The van der Waals surface area contributed by atoms with Gasteiger partial charge in [0.15, 0.2) is 0 Å². The summed E-state index contributed by atoms with van der Waals surface area (Å²) in [6, 6.07) is 0.170. The molecule has 5 nitrogen and oxygen atoms in total. The van der Waals surface area contributed by atoms with Gasteiger partial charge in [-0.1, -0.05) is 51.0 Å². The fraction of sp³-hybridized carbons (Fsp3) is 0.760. The SMILES string of the molecule is CC[C@H](C)C[C@@H](CC(=O)N1CCC[C@H]1C[C@@H](C)C(=O)NCCC1=CCCC=C1)OC. The molecule has 2 rings (SSSR count). The van der Waals surface area contributed by atoms with Gasteiger partial charge in [-0.3, -0.25) is 9.59 Å². The molecule has 1 N–H and O–H groups in total. The highest BCUT2D eigenvalue weighted by Crippen LogP contribution is 2.26. The van der Waals surface area contributed by atoms with Crippen molar-refractivity contribution in [2.24, 2.45) is 11.8 Å². The topological polar surface area (TPSA) is 58.6 Å². The molecule has 2 aliphatic rings. The molecular formula is C25H42N2O3. The number of nitrogens with one attached hydrogen (secondary N) is 1. The quantitative estimate of drug-likeness (QED) is 0.503. The number of hydrogen-bond donors (Lipinski definition) is 1. The molecule has 0 bridgehead atoms. The third kappa shape index (κ3) is 7.90. The van der Waals surface area contributed by atoms with E-state index in [0.29, 0.717) is 18.9 Å². The highest BCUT2D eigenvalue weighted by atomic mass is 16.5. The molecular weight excluding hydrogens is 376 g/mol. The number of amides is 2. The van der Waals surface area contributed by atoms with E-state index in [1.165, 1.54) is 5.57 Å². The Morgan fingerprint density at radius 2 is 2.10 bits per heavy atom. The highest BCUT2D eigenvalue weighted by Gasteiger charge is 2.32. The van der Waals surface area contributed by atoms with E-state index in [1.807, 2.05) is 11.8 Å². The molecule has 0 spiro atoms. The summed E-state index contributed by atoms with van der Waals surface area (Å²) >= 11 is 0. The molecule has 0 aromatic rings. The smallest absolute Gasteiger partial charge is 0.225 e. The van der Waals surface area contributed by atoms with E-state index in [1.54, 1.807) is 7.11 Å². The van der Waals surface area contributed by atoms with Crippen LogP contribution in [-0.2, 0) is 14.3 Å². The van der Waals surface area contributed by atoms with Gasteiger partial charge in [-0.05, 0) is 50.9 Å². The van der Waals surface area contributed by atoms with E-state index in [4.69, 9.17) is 4.74 Å². The molecule has 30 heavy (non-hydrogen) atoms. The maximum Gasteiger partial charge on any atom is 0.225 e. The van der Waals surface area contributed by atoms with Crippen molar-refractivity contribution in [2.75, 3.05) is 20.2 Å². The Morgan fingerprint density at radius 3 is 2.77 bits per heavy atom. The van der Waals surface area contributed by atoms with Crippen molar-refractivity contribution in [1.29, 1.82) is 0 Å². The molecule has 170 valence electrons. The maximum absolute atomic E-state index is 12.9. The number of nitrogens with zero attached hydrogens (tertiary/aromatic N) is 1. The first-order valence-corrected chi connectivity index (χ1v) is 11.9. The summed E-state index contributed by atoms with van der Waals surface area (Å²) in [5, 5.41) is 3.08. The van der Waals surface area contributed by atoms with E-state index in [9.17, 15) is 9.59 Å². The molecule has 0 aromatic heterocycles. The molecule has 1 heterocycles. The van der Waals surface area contributed by atoms with Crippen LogP contribution in [0.4, 0.5) is 0 Å². The van der Waals surface area contributed by atoms with Crippen molar-refractivity contribution < 1.29 is 14.3 Å². The molecule has 0 radical (unpaired) electrons. The van der Waals surface area contributed by atoms with Crippen molar-refractivity contribution in [2.45, 2.75) is 90.7 Å². The number of rotatable bonds is 12. The lowest BCUT2D eigenvalue weighted by atomic mass is 9.97. The van der Waals surface area contributed by atoms with E-state index in [0.717, 1.165) is 57.9 Å². The van der Waals surface area contributed by atoms with Gasteiger partial charge in [-0.2, -0.15) is 0 Å². The third-order valence-corrected chi connectivity index (χ3v) is 6.65. The van der Waals surface area contributed by atoms with Crippen LogP contribution in [0.25, 0.3) is 0 Å². The Kier molecular flexibility index (Phi) is 10.6. The minimum atomic E-state index is -0.0855. The van der Waals surface area contributed by atoms with E-state index in [2.05, 4.69) is 37.4 Å². The van der Waals surface area contributed by atoms with Gasteiger partial charge in [0.05, 0.1) is 12.5 Å². The predicted molar refractivity (Wildman–Crippen MR) is 122 cm³/mol. The molecule has 1 fully saturated rings. The number of methoxy groups -OCH3 is 1. The lowest BCUT2D eigenvalue weighted by molar-refractivity contribution is -0.136. The number of likely N-dealkylation sites (tertiary alicyclic amines) is 1. The van der Waals surface area contributed by atoms with Crippen molar-refractivity contribution in [3.8, 4) is 0 Å². The molecule has 1 saturated heterocycles. The predicted octanol–water partition coefficient (Wildman–Crippen LogP) is 4.63. The summed E-state index contributed by atoms with van der Waals surface area (Å²) in [6.07, 6.45) is 14.9. The van der Waals surface area contributed by atoms with Gasteiger partial charge in [0, 0.05) is 32.2 Å². The van der Waals surface area contributed by atoms with Crippen LogP contribution >= 0.6 is 0 Å². The molecule has 0 unspecified atom stereocenters. The minimum Gasteiger partial charge on any atom is -0.381 e. The zero-order valence-electron chi connectivity index (χ0n) is 19.5. The monoisotopic (exact) mass is 418 g/mol. The van der Waals surface area contributed by atoms with E-state index >= 15 is 0 Å². The van der Waals surface area contributed by atoms with Crippen molar-refractivity contribution in [3.63, 3.8) is 0 Å². The van der Waals surface area contributed by atoms with Crippen LogP contribution < -0.4 is 5.32 Å². The van der Waals surface area contributed by atoms with Crippen LogP contribution in [0.5, 0.6) is 0 Å². The lowest BCUT2D eigenvalue weighted by Crippen LogP contribution is -2.40. The summed E-state index contributed by atoms with van der Waals surface area (Å²) in [5.41, 5.74) is 1.31. The van der Waals surface area contributed by atoms with E-state index in [-0.39, 0.29) is 29.9 Å². The number of ether oxygens (including phenoxy) is 1. The first-order chi connectivity index (χ1) is 14.4. The number of hydrogen-bond acceptors (Lipinski definition) is 3. The molecule has 0 aromatic carbocycles. The van der Waals surface area contributed by atoms with E-state index < -0.39 is 0 Å². The molecule has 2 amide bonds. The Labute approximate surface area is 183 Å². The first-order valence-electron chi connectivity index (χ1n) is 11.9. The van der Waals surface area contributed by atoms with Gasteiger partial charge in [0.1, 0.15) is 0 Å². The Morgan fingerprint density at radius 1 is 1.30 bits per heavy atom. The van der Waals surface area contributed by atoms with Gasteiger partial charge >= 0.3 is 0 Å². The van der Waals surface area contributed by atoms with Crippen LogP contribution in [0.3, 0.4) is 0 Å². The second-order valence-electron chi connectivity index (χ2n) is 9.13. The van der Waals surface area contributed by atoms with Crippen LogP contribution in [-0.4, -0.2) is 49.1 Å². The summed E-state index contributed by atoms with van der Waals surface area (Å²) in [6.45, 7) is 7.84. The average Bonchev–Trinajstić information content (AvgIpc) is 3.21. The highest BCUT2D eigenvalue weighted by molar-refractivity contribution is 5.79. The number of allylic oxidation sites excluding steroid dienone is 3. The van der Waals surface area contributed by atoms with Crippen molar-refractivity contribution in [1.82, 2.24) is 10.2 Å². The van der Waals surface area contributed by atoms with Crippen molar-refractivity contribution in [3.05, 3.63) is 23.8 Å². The summed E-state index contributed by atoms with van der Waals surface area (Å²) in [4.78, 5) is 27.5. The summed E-state index contributed by atoms with van der Waals surface area (Å²) in [7, 11) is 1.70. The van der Waals surface area contributed by atoms with Gasteiger partial charge in [-0.15, -0.1) is 0 Å². The Hall–Kier alpha value is -1.62. The standard InChI is InChI=1S/C25H42N2O3/c1-5-19(2)16-23(30-4)18-24(28)27-15-9-12-22(27)17-20(3)25(29)26-14-13-21-10-7-6-8-11-21/h7,10-11,19-20,22-23H,5-6,8-9,12-18H2,1-4H3,(H,26,29)/t19-,20+,22-,23-/m0/s1. The van der Waals surface area contributed by atoms with Crippen LogP contribution in [0.1, 0.15) is 78.6 Å². The van der Waals surface area contributed by atoms with Gasteiger partial charge in [0.2, 0.25) is 11.8 Å². The molecule has 1 aliphatic heterocycles. The fourth-order valence-corrected chi connectivity index (χ4v) is 4.47. The van der Waals surface area contributed by atoms with Gasteiger partial charge in [0.25, 0.3) is 0 Å². The number of carbonyl (C=O) groups excluding carboxylic acids is 2. The minimum absolute atomic E-state index is 0.0161. The van der Waals surface area contributed by atoms with Crippen LogP contribution in [0, 0.1) is 11.8 Å².